The highest BCUT2D eigenvalue weighted by Gasteiger charge is 2.26. The number of allylic oxidation sites excluding steroid dienone is 2. The molecule has 1 aromatic rings. The average molecular weight is 333 g/mol. The molecule has 1 aromatic heterocycles. The van der Waals surface area contributed by atoms with Crippen molar-refractivity contribution in [1.29, 1.82) is 0 Å². The van der Waals surface area contributed by atoms with Gasteiger partial charge in [0.25, 0.3) is 0 Å². The van der Waals surface area contributed by atoms with E-state index in [2.05, 4.69) is 17.0 Å². The van der Waals surface area contributed by atoms with Crippen LogP contribution in [-0.4, -0.2) is 34.6 Å². The zero-order valence-electron chi connectivity index (χ0n) is 15.0. The molecule has 1 amide bonds. The molecular weight excluding hydrogens is 306 g/mol. The summed E-state index contributed by atoms with van der Waals surface area (Å²) in [5.74, 6) is 0. The zero-order valence-corrected chi connectivity index (χ0v) is 15.0. The first-order valence-corrected chi connectivity index (χ1v) is 8.26. The lowest BCUT2D eigenvalue weighted by Gasteiger charge is -2.22. The number of amides is 1. The molecule has 6 nitrogen and oxygen atoms in total. The number of hydrogen-bond acceptors (Lipinski definition) is 4. The maximum atomic E-state index is 11.9. The molecule has 1 aliphatic heterocycles. The molecule has 2 heterocycles. The number of carbonyl (C=O) groups excluding carboxylic acids is 1. The molecule has 0 aliphatic carbocycles. The summed E-state index contributed by atoms with van der Waals surface area (Å²) < 4.78 is 13.2. The number of hydrogen-bond donors (Lipinski definition) is 1. The van der Waals surface area contributed by atoms with Gasteiger partial charge in [-0.25, -0.2) is 4.79 Å². The average Bonchev–Trinajstić information content (AvgIpc) is 2.65. The Morgan fingerprint density at radius 2 is 2.29 bits per heavy atom. The van der Waals surface area contributed by atoms with Gasteiger partial charge in [-0.3, -0.25) is 4.68 Å². The number of nitrogens with one attached hydrogen (secondary N) is 1. The molecule has 0 aromatic carbocycles. The lowest BCUT2D eigenvalue weighted by atomic mass is 10.1. The van der Waals surface area contributed by atoms with E-state index in [1.165, 1.54) is 0 Å². The number of rotatable bonds is 4. The summed E-state index contributed by atoms with van der Waals surface area (Å²) in [6, 6.07) is 0. The van der Waals surface area contributed by atoms with Crippen LogP contribution in [0.25, 0.3) is 6.08 Å². The Hall–Kier alpha value is -2.08. The van der Waals surface area contributed by atoms with Crippen molar-refractivity contribution in [3.05, 3.63) is 35.7 Å². The van der Waals surface area contributed by atoms with E-state index in [0.717, 1.165) is 29.9 Å². The Bertz CT molecular complexity index is 626. The molecule has 0 spiro atoms. The fourth-order valence-corrected chi connectivity index (χ4v) is 2.66. The predicted molar refractivity (Wildman–Crippen MR) is 93.7 cm³/mol. The highest BCUT2D eigenvalue weighted by atomic mass is 16.6. The van der Waals surface area contributed by atoms with Gasteiger partial charge in [0.2, 0.25) is 0 Å². The van der Waals surface area contributed by atoms with E-state index >= 15 is 0 Å². The molecule has 2 rings (SSSR count). The fraction of sp³-hybridized carbons (Fsp3) is 0.556. The predicted octanol–water partition coefficient (Wildman–Crippen LogP) is 3.38. The second-order valence-corrected chi connectivity index (χ2v) is 6.80. The number of fused-ring (bicyclic) bond motifs is 1. The molecule has 1 unspecified atom stereocenters. The van der Waals surface area contributed by atoms with Crippen LogP contribution in [0, 0.1) is 6.92 Å². The van der Waals surface area contributed by atoms with Gasteiger partial charge < -0.3 is 14.8 Å². The Morgan fingerprint density at radius 1 is 1.54 bits per heavy atom. The molecule has 0 radical (unpaired) electrons. The molecule has 6 heteroatoms. The van der Waals surface area contributed by atoms with E-state index in [9.17, 15) is 4.79 Å². The summed E-state index contributed by atoms with van der Waals surface area (Å²) in [6.07, 6.45) is 5.79. The fourth-order valence-electron chi connectivity index (χ4n) is 2.66. The van der Waals surface area contributed by atoms with Crippen LogP contribution in [0.3, 0.4) is 0 Å². The summed E-state index contributed by atoms with van der Waals surface area (Å²) >= 11 is 0. The summed E-state index contributed by atoms with van der Waals surface area (Å²) in [5.41, 5.74) is 2.42. The van der Waals surface area contributed by atoms with Crippen LogP contribution >= 0.6 is 0 Å². The minimum atomic E-state index is -0.523. The largest absolute Gasteiger partial charge is 0.444 e. The number of alkyl carbamates (subject to hydrolysis) is 1. The molecule has 0 fully saturated rings. The smallest absolute Gasteiger partial charge is 0.407 e. The zero-order chi connectivity index (χ0) is 17.7. The van der Waals surface area contributed by atoms with E-state index < -0.39 is 11.7 Å². The van der Waals surface area contributed by atoms with Crippen LogP contribution in [-0.2, 0) is 16.0 Å². The van der Waals surface area contributed by atoms with Crippen molar-refractivity contribution in [1.82, 2.24) is 15.1 Å². The van der Waals surface area contributed by atoms with E-state index in [0.29, 0.717) is 13.2 Å². The molecule has 24 heavy (non-hydrogen) atoms. The van der Waals surface area contributed by atoms with Gasteiger partial charge in [-0.2, -0.15) is 5.10 Å². The van der Waals surface area contributed by atoms with Crippen molar-refractivity contribution in [2.75, 3.05) is 13.2 Å². The lowest BCUT2D eigenvalue weighted by molar-refractivity contribution is 0.0355. The molecule has 1 atom stereocenters. The molecule has 0 bridgehead atoms. The number of ether oxygens (including phenoxy) is 2. The summed E-state index contributed by atoms with van der Waals surface area (Å²) in [5, 5.41) is 7.41. The molecule has 0 saturated carbocycles. The Balaban J connectivity index is 2.18. The van der Waals surface area contributed by atoms with Crippen molar-refractivity contribution in [2.24, 2.45) is 0 Å². The normalized spacial score (nSPS) is 18.1. The molecular formula is C18H27N3O3. The minimum absolute atomic E-state index is 0.259. The first-order chi connectivity index (χ1) is 11.3. The summed E-state index contributed by atoms with van der Waals surface area (Å²) in [7, 11) is 0. The third kappa shape index (κ3) is 4.71. The molecule has 0 saturated heterocycles. The summed E-state index contributed by atoms with van der Waals surface area (Å²) in [4.78, 5) is 11.9. The number of aryl methyl sites for hydroxylation is 2. The van der Waals surface area contributed by atoms with Crippen LogP contribution in [0.5, 0.6) is 0 Å². The van der Waals surface area contributed by atoms with Crippen LogP contribution in [0.4, 0.5) is 4.79 Å². The second-order valence-electron chi connectivity index (χ2n) is 6.80. The summed E-state index contributed by atoms with van der Waals surface area (Å²) in [6.45, 7) is 13.0. The Labute approximate surface area is 143 Å². The number of nitrogens with zero attached hydrogens (tertiary/aromatic N) is 2. The van der Waals surface area contributed by atoms with Crippen molar-refractivity contribution >= 4 is 12.2 Å². The van der Waals surface area contributed by atoms with Crippen LogP contribution < -0.4 is 5.32 Å². The molecule has 132 valence electrons. The third-order valence-corrected chi connectivity index (χ3v) is 3.58. The first-order valence-electron chi connectivity index (χ1n) is 8.26. The van der Waals surface area contributed by atoms with E-state index in [1.807, 2.05) is 44.5 Å². The van der Waals surface area contributed by atoms with Gasteiger partial charge in [0.1, 0.15) is 11.7 Å². The van der Waals surface area contributed by atoms with Crippen molar-refractivity contribution in [2.45, 2.75) is 52.4 Å². The van der Waals surface area contributed by atoms with Gasteiger partial charge in [0.05, 0.1) is 17.9 Å². The number of carbonyl (C=O) groups is 1. The van der Waals surface area contributed by atoms with Gasteiger partial charge in [-0.15, -0.1) is 0 Å². The van der Waals surface area contributed by atoms with Crippen LogP contribution in [0.1, 0.15) is 50.2 Å². The Morgan fingerprint density at radius 3 is 2.96 bits per heavy atom. The van der Waals surface area contributed by atoms with Gasteiger partial charge in [0.15, 0.2) is 0 Å². The molecule has 1 aliphatic rings. The topological polar surface area (TPSA) is 65.4 Å². The van der Waals surface area contributed by atoms with Crippen molar-refractivity contribution in [3.63, 3.8) is 0 Å². The van der Waals surface area contributed by atoms with Crippen LogP contribution in [0.2, 0.25) is 0 Å². The number of aromatic nitrogens is 2. The monoisotopic (exact) mass is 333 g/mol. The van der Waals surface area contributed by atoms with Gasteiger partial charge in [0, 0.05) is 18.7 Å². The highest BCUT2D eigenvalue weighted by Crippen LogP contribution is 2.28. The maximum absolute atomic E-state index is 11.9. The van der Waals surface area contributed by atoms with Gasteiger partial charge >= 0.3 is 6.09 Å². The van der Waals surface area contributed by atoms with Crippen molar-refractivity contribution in [3.8, 4) is 0 Å². The quantitative estimate of drug-likeness (QED) is 0.858. The molecule has 1 N–H and O–H groups in total. The van der Waals surface area contributed by atoms with Gasteiger partial charge in [-0.05, 0) is 34.1 Å². The van der Waals surface area contributed by atoms with E-state index in [1.54, 1.807) is 6.08 Å². The second kappa shape index (κ2) is 7.66. The maximum Gasteiger partial charge on any atom is 0.407 e. The van der Waals surface area contributed by atoms with Crippen LogP contribution in [0.15, 0.2) is 18.7 Å². The highest BCUT2D eigenvalue weighted by molar-refractivity contribution is 5.67. The Kier molecular flexibility index (Phi) is 5.83. The first kappa shape index (κ1) is 18.3. The standard InChI is InChI=1S/C18H27N3O3/c1-6-7-9-14-13(2)20-21-10-8-11-23-15(16(14)21)12-19-17(22)24-18(3,4)5/h6-7,9,15H,1,8,10-12H2,2-5H3,(H,19,22)/b9-7-. The van der Waals surface area contributed by atoms with E-state index in [4.69, 9.17) is 9.47 Å². The van der Waals surface area contributed by atoms with Gasteiger partial charge in [-0.1, -0.05) is 24.8 Å². The van der Waals surface area contributed by atoms with Crippen molar-refractivity contribution < 1.29 is 14.3 Å². The van der Waals surface area contributed by atoms with E-state index in [-0.39, 0.29) is 6.10 Å². The minimum Gasteiger partial charge on any atom is -0.444 e. The lowest BCUT2D eigenvalue weighted by Crippen LogP contribution is -2.35. The third-order valence-electron chi connectivity index (χ3n) is 3.58. The SMILES string of the molecule is C=C/C=C\c1c(C)nn2c1C(CNC(=O)OC(C)(C)C)OCCC2.